The molecule has 0 saturated carbocycles. The van der Waals surface area contributed by atoms with Crippen LogP contribution in [0.3, 0.4) is 0 Å². The lowest BCUT2D eigenvalue weighted by molar-refractivity contribution is -0.388. The Hall–Kier alpha value is -2.49. The summed E-state index contributed by atoms with van der Waals surface area (Å²) in [5.41, 5.74) is 1.54. The van der Waals surface area contributed by atoms with Crippen LogP contribution in [-0.4, -0.2) is 36.7 Å². The number of pyridine rings is 1. The summed E-state index contributed by atoms with van der Waals surface area (Å²) in [5, 5.41) is 13.1. The van der Waals surface area contributed by atoms with E-state index in [-0.39, 0.29) is 10.6 Å². The average molecular weight is 403 g/mol. The number of nitrogens with zero attached hydrogens (tertiary/aromatic N) is 3. The van der Waals surface area contributed by atoms with Crippen molar-refractivity contribution < 1.29 is 13.3 Å². The molecule has 3 rings (SSSR count). The molecule has 2 aromatic carbocycles. The van der Waals surface area contributed by atoms with E-state index in [1.54, 1.807) is 0 Å². The van der Waals surface area contributed by atoms with Gasteiger partial charge in [0, 0.05) is 25.5 Å². The van der Waals surface area contributed by atoms with Crippen molar-refractivity contribution in [3.05, 3.63) is 64.2 Å². The van der Waals surface area contributed by atoms with E-state index in [2.05, 4.69) is 4.98 Å². The number of nitro groups is 1. The first-order valence-electron chi connectivity index (χ1n) is 7.95. The van der Waals surface area contributed by atoms with E-state index in [9.17, 15) is 18.5 Å². The van der Waals surface area contributed by atoms with Crippen LogP contribution in [0.15, 0.2) is 63.3 Å². The topological polar surface area (TPSA) is 93.4 Å². The summed E-state index contributed by atoms with van der Waals surface area (Å²) in [5.74, 6) is 0. The number of fused-ring (bicyclic) bond motifs is 1. The van der Waals surface area contributed by atoms with Gasteiger partial charge in [0.1, 0.15) is 5.03 Å². The third-order valence-corrected chi connectivity index (χ3v) is 6.81. The fourth-order valence-electron chi connectivity index (χ4n) is 2.58. The lowest BCUT2D eigenvalue weighted by atomic mass is 10.1. The number of nitro benzene ring substituents is 1. The zero-order chi connectivity index (χ0) is 19.8. The summed E-state index contributed by atoms with van der Waals surface area (Å²) >= 11 is 1.14. The van der Waals surface area contributed by atoms with Gasteiger partial charge < -0.3 is 0 Å². The van der Waals surface area contributed by atoms with Gasteiger partial charge in [0.15, 0.2) is 0 Å². The Morgan fingerprint density at radius 1 is 1.11 bits per heavy atom. The summed E-state index contributed by atoms with van der Waals surface area (Å²) in [6.07, 6.45) is 0. The van der Waals surface area contributed by atoms with Crippen LogP contribution in [0.4, 0.5) is 5.69 Å². The fraction of sp³-hybridized carbons (Fsp3) is 0.167. The number of sulfonamides is 1. The molecule has 0 spiro atoms. The number of hydrogen-bond donors (Lipinski definition) is 0. The highest BCUT2D eigenvalue weighted by atomic mass is 32.2. The van der Waals surface area contributed by atoms with Crippen molar-refractivity contribution in [3.63, 3.8) is 0 Å². The smallest absolute Gasteiger partial charge is 0.258 e. The zero-order valence-corrected chi connectivity index (χ0v) is 16.5. The van der Waals surface area contributed by atoms with Gasteiger partial charge in [-0.3, -0.25) is 10.1 Å². The number of aromatic nitrogens is 1. The molecule has 0 amide bonds. The molecular weight excluding hydrogens is 386 g/mol. The van der Waals surface area contributed by atoms with E-state index >= 15 is 0 Å². The normalized spacial score (nSPS) is 11.9. The number of para-hydroxylation sites is 1. The molecule has 0 radical (unpaired) electrons. The van der Waals surface area contributed by atoms with E-state index in [1.165, 1.54) is 26.2 Å². The Balaban J connectivity index is 2.06. The van der Waals surface area contributed by atoms with Crippen molar-refractivity contribution in [1.29, 1.82) is 0 Å². The molecule has 3 aromatic rings. The molecule has 0 bridgehead atoms. The highest BCUT2D eigenvalue weighted by molar-refractivity contribution is 7.99. The quantitative estimate of drug-likeness (QED) is 0.474. The molecule has 0 N–H and O–H groups in total. The summed E-state index contributed by atoms with van der Waals surface area (Å²) in [6, 6.07) is 13.4. The van der Waals surface area contributed by atoms with Crippen LogP contribution in [-0.2, 0) is 10.0 Å². The molecule has 0 aliphatic carbocycles. The van der Waals surface area contributed by atoms with E-state index in [1.807, 2.05) is 37.3 Å². The van der Waals surface area contributed by atoms with Gasteiger partial charge in [-0.15, -0.1) is 0 Å². The molecule has 0 atom stereocenters. The van der Waals surface area contributed by atoms with E-state index in [0.29, 0.717) is 9.92 Å². The third-order valence-electron chi connectivity index (χ3n) is 4.02. The van der Waals surface area contributed by atoms with Crippen LogP contribution >= 0.6 is 11.8 Å². The molecule has 7 nitrogen and oxygen atoms in total. The van der Waals surface area contributed by atoms with Crippen LogP contribution in [0.1, 0.15) is 5.56 Å². The van der Waals surface area contributed by atoms with Gasteiger partial charge in [-0.25, -0.2) is 17.7 Å². The molecule has 9 heteroatoms. The summed E-state index contributed by atoms with van der Waals surface area (Å²) in [6.45, 7) is 1.95. The second kappa shape index (κ2) is 7.26. The van der Waals surface area contributed by atoms with Crippen molar-refractivity contribution in [2.24, 2.45) is 0 Å². The molecule has 0 aliphatic heterocycles. The molecule has 1 aromatic heterocycles. The van der Waals surface area contributed by atoms with E-state index in [4.69, 9.17) is 0 Å². The number of benzene rings is 2. The maximum Gasteiger partial charge on any atom is 0.284 e. The molecule has 0 aliphatic rings. The molecular formula is C18H17N3O4S2. The first kappa shape index (κ1) is 19.3. The van der Waals surface area contributed by atoms with E-state index in [0.717, 1.165) is 38.6 Å². The molecule has 0 fully saturated rings. The third kappa shape index (κ3) is 3.80. The van der Waals surface area contributed by atoms with Crippen molar-refractivity contribution in [1.82, 2.24) is 9.29 Å². The van der Waals surface area contributed by atoms with Crippen LogP contribution in [0.5, 0.6) is 0 Å². The second-order valence-electron chi connectivity index (χ2n) is 6.07. The predicted molar refractivity (Wildman–Crippen MR) is 105 cm³/mol. The largest absolute Gasteiger partial charge is 0.284 e. The molecule has 140 valence electrons. The Kier molecular flexibility index (Phi) is 5.18. The number of hydrogen-bond acceptors (Lipinski definition) is 6. The van der Waals surface area contributed by atoms with Crippen LogP contribution < -0.4 is 0 Å². The van der Waals surface area contributed by atoms with Crippen LogP contribution in [0, 0.1) is 17.0 Å². The minimum absolute atomic E-state index is 0.119. The Bertz CT molecular complexity index is 1140. The van der Waals surface area contributed by atoms with Gasteiger partial charge in [0.25, 0.3) is 5.69 Å². The van der Waals surface area contributed by atoms with Crippen LogP contribution in [0.25, 0.3) is 10.9 Å². The fourth-order valence-corrected chi connectivity index (χ4v) is 4.48. The maximum atomic E-state index is 12.3. The minimum Gasteiger partial charge on any atom is -0.258 e. The minimum atomic E-state index is -3.75. The Morgan fingerprint density at radius 3 is 2.48 bits per heavy atom. The molecule has 1 heterocycles. The van der Waals surface area contributed by atoms with Crippen molar-refractivity contribution >= 4 is 38.4 Å². The number of aryl methyl sites for hydroxylation is 1. The SMILES string of the molecule is Cc1cc(Sc2ccc(S(=O)(=O)N(C)C)cc2[N+](=O)[O-])nc2ccccc12. The molecule has 0 saturated heterocycles. The average Bonchev–Trinajstić information content (AvgIpc) is 2.61. The van der Waals surface area contributed by atoms with Crippen molar-refractivity contribution in [2.45, 2.75) is 21.7 Å². The van der Waals surface area contributed by atoms with Gasteiger partial charge in [-0.1, -0.05) is 30.0 Å². The van der Waals surface area contributed by atoms with E-state index < -0.39 is 14.9 Å². The number of rotatable bonds is 5. The van der Waals surface area contributed by atoms with Gasteiger partial charge in [0.2, 0.25) is 10.0 Å². The highest BCUT2D eigenvalue weighted by Gasteiger charge is 2.24. The summed E-state index contributed by atoms with van der Waals surface area (Å²) in [7, 11) is -0.993. The van der Waals surface area contributed by atoms with Gasteiger partial charge in [-0.2, -0.15) is 0 Å². The first-order chi connectivity index (χ1) is 12.7. The van der Waals surface area contributed by atoms with Gasteiger partial charge >= 0.3 is 0 Å². The lowest BCUT2D eigenvalue weighted by Gasteiger charge is -2.12. The molecule has 27 heavy (non-hydrogen) atoms. The Morgan fingerprint density at radius 2 is 1.81 bits per heavy atom. The first-order valence-corrected chi connectivity index (χ1v) is 10.2. The monoisotopic (exact) mass is 403 g/mol. The van der Waals surface area contributed by atoms with Crippen molar-refractivity contribution in [3.8, 4) is 0 Å². The van der Waals surface area contributed by atoms with Crippen LogP contribution in [0.2, 0.25) is 0 Å². The lowest BCUT2D eigenvalue weighted by Crippen LogP contribution is -2.22. The maximum absolute atomic E-state index is 12.3. The second-order valence-corrected chi connectivity index (χ2v) is 9.28. The van der Waals surface area contributed by atoms with Gasteiger partial charge in [0.05, 0.1) is 20.2 Å². The Labute approximate surface area is 161 Å². The zero-order valence-electron chi connectivity index (χ0n) is 14.9. The summed E-state index contributed by atoms with van der Waals surface area (Å²) in [4.78, 5) is 15.7. The standard InChI is InChI=1S/C18H17N3O4S2/c1-12-10-18(19-15-7-5-4-6-14(12)15)26-17-9-8-13(11-16(17)21(22)23)27(24,25)20(2)3/h4-11H,1-3H3. The van der Waals surface area contributed by atoms with Crippen molar-refractivity contribution in [2.75, 3.05) is 14.1 Å². The molecule has 0 unspecified atom stereocenters. The highest BCUT2D eigenvalue weighted by Crippen LogP contribution is 2.37. The summed E-state index contributed by atoms with van der Waals surface area (Å²) < 4.78 is 25.5. The predicted octanol–water partition coefficient (Wildman–Crippen LogP) is 3.85. The van der Waals surface area contributed by atoms with Gasteiger partial charge in [-0.05, 0) is 36.8 Å².